The van der Waals surface area contributed by atoms with Gasteiger partial charge in [-0.25, -0.2) is 0 Å². The molecule has 1 aliphatic carbocycles. The number of likely N-dealkylation sites (N-methyl/N-ethyl adjacent to an activating group) is 2. The Labute approximate surface area is 126 Å². The number of hydrogen-bond acceptors (Lipinski definition) is 6. The van der Waals surface area contributed by atoms with E-state index in [9.17, 15) is 0 Å². The first-order chi connectivity index (χ1) is 9.98. The van der Waals surface area contributed by atoms with Gasteiger partial charge in [0.05, 0.1) is 11.6 Å². The molecular weight excluding hydrogens is 266 g/mol. The van der Waals surface area contributed by atoms with Gasteiger partial charge in [-0.1, -0.05) is 12.1 Å². The molecule has 6 heteroatoms. The molecule has 0 aromatic carbocycles. The van der Waals surface area contributed by atoms with Crippen molar-refractivity contribution >= 4 is 0 Å². The number of hydrogen-bond donors (Lipinski definition) is 1. The molecule has 2 heterocycles. The summed E-state index contributed by atoms with van der Waals surface area (Å²) in [5.74, 6) is 2.16. The molecule has 1 aromatic rings. The van der Waals surface area contributed by atoms with E-state index in [1.54, 1.807) is 0 Å². The Morgan fingerprint density at radius 2 is 1.95 bits per heavy atom. The van der Waals surface area contributed by atoms with Crippen molar-refractivity contribution < 1.29 is 4.52 Å². The molecule has 1 aliphatic heterocycles. The number of nitrogens with two attached hydrogens (primary N) is 1. The summed E-state index contributed by atoms with van der Waals surface area (Å²) in [6, 6.07) is 0.201. The monoisotopic (exact) mass is 293 g/mol. The largest absolute Gasteiger partial charge is 0.337 e. The molecule has 0 radical (unpaired) electrons. The molecule has 2 fully saturated rings. The van der Waals surface area contributed by atoms with Gasteiger partial charge in [-0.2, -0.15) is 4.98 Å². The molecule has 2 aliphatic rings. The lowest BCUT2D eigenvalue weighted by molar-refractivity contribution is 0.108. The van der Waals surface area contributed by atoms with Crippen LogP contribution in [0.5, 0.6) is 0 Å². The Bertz CT molecular complexity index is 480. The van der Waals surface area contributed by atoms with Crippen LogP contribution in [-0.4, -0.2) is 53.7 Å². The second kappa shape index (κ2) is 5.66. The number of aromatic nitrogens is 2. The van der Waals surface area contributed by atoms with Crippen LogP contribution in [-0.2, 0) is 5.54 Å². The summed E-state index contributed by atoms with van der Waals surface area (Å²) in [6.07, 6.45) is 4.16. The van der Waals surface area contributed by atoms with Gasteiger partial charge in [0.25, 0.3) is 0 Å². The quantitative estimate of drug-likeness (QED) is 0.887. The molecule has 0 bridgehead atoms. The van der Waals surface area contributed by atoms with Crippen LogP contribution >= 0.6 is 0 Å². The highest BCUT2D eigenvalue weighted by atomic mass is 16.5. The van der Waals surface area contributed by atoms with E-state index in [0.29, 0.717) is 5.89 Å². The fourth-order valence-electron chi connectivity index (χ4n) is 3.35. The highest BCUT2D eigenvalue weighted by Gasteiger charge is 2.38. The lowest BCUT2D eigenvalue weighted by Gasteiger charge is -2.36. The van der Waals surface area contributed by atoms with Gasteiger partial charge in [0.2, 0.25) is 5.89 Å². The second-order valence-corrected chi connectivity index (χ2v) is 7.06. The standard InChI is InChI=1S/C15H27N5O/c1-11-4-6-15(16,7-5-11)14-17-13(18-21-14)12-10-19(2)8-9-20(12)3/h11-12H,4-10,16H2,1-3H3. The summed E-state index contributed by atoms with van der Waals surface area (Å²) in [5.41, 5.74) is 6.11. The average Bonchev–Trinajstić information content (AvgIpc) is 2.95. The van der Waals surface area contributed by atoms with E-state index in [1.807, 2.05) is 0 Å². The van der Waals surface area contributed by atoms with Crippen LogP contribution in [0.3, 0.4) is 0 Å². The molecule has 1 aromatic heterocycles. The minimum absolute atomic E-state index is 0.201. The minimum atomic E-state index is -0.420. The first-order valence-electron chi connectivity index (χ1n) is 8.00. The number of nitrogens with zero attached hydrogens (tertiary/aromatic N) is 4. The Balaban J connectivity index is 1.76. The molecule has 118 valence electrons. The van der Waals surface area contributed by atoms with Crippen molar-refractivity contribution in [1.82, 2.24) is 19.9 Å². The highest BCUT2D eigenvalue weighted by molar-refractivity contribution is 5.07. The molecule has 1 atom stereocenters. The smallest absolute Gasteiger partial charge is 0.246 e. The third-order valence-electron chi connectivity index (χ3n) is 5.18. The molecule has 6 nitrogen and oxygen atoms in total. The molecule has 1 unspecified atom stereocenters. The topological polar surface area (TPSA) is 71.4 Å². The Kier molecular flexibility index (Phi) is 4.03. The molecule has 1 saturated heterocycles. The van der Waals surface area contributed by atoms with Gasteiger partial charge in [-0.05, 0) is 45.7 Å². The molecule has 21 heavy (non-hydrogen) atoms. The van der Waals surface area contributed by atoms with Crippen LogP contribution in [0.15, 0.2) is 4.52 Å². The van der Waals surface area contributed by atoms with Crippen molar-refractivity contribution in [3.8, 4) is 0 Å². The van der Waals surface area contributed by atoms with Crippen molar-refractivity contribution in [2.24, 2.45) is 11.7 Å². The van der Waals surface area contributed by atoms with E-state index in [0.717, 1.165) is 57.1 Å². The zero-order chi connectivity index (χ0) is 15.0. The van der Waals surface area contributed by atoms with Gasteiger partial charge >= 0.3 is 0 Å². The third kappa shape index (κ3) is 2.98. The maximum absolute atomic E-state index is 6.53. The molecular formula is C15H27N5O. The summed E-state index contributed by atoms with van der Waals surface area (Å²) in [7, 11) is 4.25. The van der Waals surface area contributed by atoms with Gasteiger partial charge in [-0.15, -0.1) is 0 Å². The van der Waals surface area contributed by atoms with E-state index < -0.39 is 5.54 Å². The number of rotatable bonds is 2. The SMILES string of the molecule is CC1CCC(N)(c2nc(C3CN(C)CCN3C)no2)CC1. The predicted octanol–water partition coefficient (Wildman–Crippen LogP) is 1.35. The first kappa shape index (κ1) is 14.9. The fraction of sp³-hybridized carbons (Fsp3) is 0.867. The summed E-state index contributed by atoms with van der Waals surface area (Å²) >= 11 is 0. The summed E-state index contributed by atoms with van der Waals surface area (Å²) in [6.45, 7) is 5.32. The summed E-state index contributed by atoms with van der Waals surface area (Å²) in [4.78, 5) is 9.27. The Morgan fingerprint density at radius 3 is 2.67 bits per heavy atom. The predicted molar refractivity (Wildman–Crippen MR) is 80.7 cm³/mol. The van der Waals surface area contributed by atoms with Crippen molar-refractivity contribution in [3.05, 3.63) is 11.7 Å². The van der Waals surface area contributed by atoms with Crippen LogP contribution in [0.2, 0.25) is 0 Å². The maximum atomic E-state index is 6.53. The third-order valence-corrected chi connectivity index (χ3v) is 5.18. The normalized spacial score (nSPS) is 36.0. The van der Waals surface area contributed by atoms with Gasteiger partial charge in [-0.3, -0.25) is 4.90 Å². The van der Waals surface area contributed by atoms with Gasteiger partial charge < -0.3 is 15.2 Å². The zero-order valence-electron chi connectivity index (χ0n) is 13.4. The maximum Gasteiger partial charge on any atom is 0.246 e. The fourth-order valence-corrected chi connectivity index (χ4v) is 3.35. The van der Waals surface area contributed by atoms with E-state index in [4.69, 9.17) is 10.3 Å². The number of piperazine rings is 1. The van der Waals surface area contributed by atoms with Crippen LogP contribution in [0.25, 0.3) is 0 Å². The van der Waals surface area contributed by atoms with Gasteiger partial charge in [0.1, 0.15) is 0 Å². The summed E-state index contributed by atoms with van der Waals surface area (Å²) < 4.78 is 5.55. The van der Waals surface area contributed by atoms with Crippen molar-refractivity contribution in [1.29, 1.82) is 0 Å². The van der Waals surface area contributed by atoms with E-state index in [-0.39, 0.29) is 6.04 Å². The van der Waals surface area contributed by atoms with Crippen LogP contribution < -0.4 is 5.73 Å². The molecule has 0 spiro atoms. The lowest BCUT2D eigenvalue weighted by Crippen LogP contribution is -2.45. The Hall–Kier alpha value is -0.980. The lowest BCUT2D eigenvalue weighted by atomic mass is 9.78. The van der Waals surface area contributed by atoms with E-state index >= 15 is 0 Å². The molecule has 2 N–H and O–H groups in total. The Morgan fingerprint density at radius 1 is 1.24 bits per heavy atom. The average molecular weight is 293 g/mol. The summed E-state index contributed by atoms with van der Waals surface area (Å²) in [5, 5.41) is 4.23. The molecule has 3 rings (SSSR count). The zero-order valence-corrected chi connectivity index (χ0v) is 13.4. The molecule has 1 saturated carbocycles. The van der Waals surface area contributed by atoms with Crippen LogP contribution in [0, 0.1) is 5.92 Å². The second-order valence-electron chi connectivity index (χ2n) is 7.06. The first-order valence-corrected chi connectivity index (χ1v) is 8.00. The molecule has 0 amide bonds. The van der Waals surface area contributed by atoms with E-state index in [1.165, 1.54) is 0 Å². The minimum Gasteiger partial charge on any atom is -0.337 e. The van der Waals surface area contributed by atoms with Gasteiger partial charge in [0.15, 0.2) is 5.82 Å². The highest BCUT2D eigenvalue weighted by Crippen LogP contribution is 2.37. The van der Waals surface area contributed by atoms with Crippen molar-refractivity contribution in [3.63, 3.8) is 0 Å². The van der Waals surface area contributed by atoms with Crippen LogP contribution in [0.4, 0.5) is 0 Å². The van der Waals surface area contributed by atoms with Gasteiger partial charge in [0, 0.05) is 19.6 Å². The van der Waals surface area contributed by atoms with Crippen molar-refractivity contribution in [2.45, 2.75) is 44.2 Å². The van der Waals surface area contributed by atoms with E-state index in [2.05, 4.69) is 41.0 Å². The van der Waals surface area contributed by atoms with Crippen LogP contribution in [0.1, 0.15) is 50.4 Å². The van der Waals surface area contributed by atoms with Crippen molar-refractivity contribution in [2.75, 3.05) is 33.7 Å².